The van der Waals surface area contributed by atoms with Crippen LogP contribution in [0.15, 0.2) is 53.5 Å². The molecule has 3 nitrogen and oxygen atoms in total. The van der Waals surface area contributed by atoms with Crippen molar-refractivity contribution in [2.75, 3.05) is 13.1 Å². The van der Waals surface area contributed by atoms with Crippen molar-refractivity contribution < 1.29 is 4.79 Å². The number of aliphatic imine (C=N–C) groups is 1. The first-order valence-corrected chi connectivity index (χ1v) is 7.27. The smallest absolute Gasteiger partial charge is 0.170 e. The standard InChI is InChI=1S/C17H15ClN2O.ClH/c18-13-7-5-12(6-8-13)14-3-1-2-4-15(14)16(21)11-17-19-9-10-20-17;/h1-8H,9-11H2,(H,19,20);1H. The van der Waals surface area contributed by atoms with Gasteiger partial charge in [-0.2, -0.15) is 0 Å². The number of Topliss-reactive ketones (excluding diaryl/α,β-unsaturated/α-hetero) is 1. The number of nitrogens with zero attached hydrogens (tertiary/aromatic N) is 1. The Morgan fingerprint density at radius 2 is 1.86 bits per heavy atom. The van der Waals surface area contributed by atoms with Gasteiger partial charge in [0, 0.05) is 17.1 Å². The summed E-state index contributed by atoms with van der Waals surface area (Å²) in [5.74, 6) is 0.861. The van der Waals surface area contributed by atoms with Gasteiger partial charge in [0.1, 0.15) is 5.84 Å². The van der Waals surface area contributed by atoms with E-state index in [0.717, 1.165) is 35.6 Å². The summed E-state index contributed by atoms with van der Waals surface area (Å²) >= 11 is 5.92. The molecule has 0 saturated heterocycles. The number of halogens is 2. The van der Waals surface area contributed by atoms with E-state index in [4.69, 9.17) is 11.6 Å². The second kappa shape index (κ2) is 7.43. The highest BCUT2D eigenvalue weighted by Gasteiger charge is 2.16. The number of rotatable bonds is 4. The van der Waals surface area contributed by atoms with Crippen LogP contribution >= 0.6 is 24.0 Å². The lowest BCUT2D eigenvalue weighted by atomic mass is 9.96. The molecule has 0 bridgehead atoms. The summed E-state index contributed by atoms with van der Waals surface area (Å²) < 4.78 is 0. The predicted octanol–water partition coefficient (Wildman–Crippen LogP) is 4.00. The van der Waals surface area contributed by atoms with Crippen LogP contribution in [0.1, 0.15) is 16.8 Å². The van der Waals surface area contributed by atoms with Gasteiger partial charge in [-0.1, -0.05) is 48.0 Å². The maximum atomic E-state index is 12.5. The van der Waals surface area contributed by atoms with Gasteiger partial charge in [-0.3, -0.25) is 9.79 Å². The van der Waals surface area contributed by atoms with Gasteiger partial charge in [0.25, 0.3) is 0 Å². The molecule has 22 heavy (non-hydrogen) atoms. The number of hydrogen-bond acceptors (Lipinski definition) is 3. The second-order valence-electron chi connectivity index (χ2n) is 4.91. The number of hydrogen-bond donors (Lipinski definition) is 1. The Kier molecular flexibility index (Phi) is 5.58. The summed E-state index contributed by atoms with van der Waals surface area (Å²) in [6, 6.07) is 15.2. The largest absolute Gasteiger partial charge is 0.372 e. The zero-order valence-corrected chi connectivity index (χ0v) is 13.5. The Balaban J connectivity index is 0.00000176. The van der Waals surface area contributed by atoms with Gasteiger partial charge in [-0.05, 0) is 23.3 Å². The van der Waals surface area contributed by atoms with Crippen LogP contribution in [0.2, 0.25) is 5.02 Å². The van der Waals surface area contributed by atoms with Crippen molar-refractivity contribution in [2.24, 2.45) is 4.99 Å². The highest BCUT2D eigenvalue weighted by Crippen LogP contribution is 2.26. The highest BCUT2D eigenvalue weighted by atomic mass is 35.5. The van der Waals surface area contributed by atoms with Crippen molar-refractivity contribution in [3.8, 4) is 11.1 Å². The third-order valence-electron chi connectivity index (χ3n) is 3.45. The van der Waals surface area contributed by atoms with Crippen LogP contribution in [-0.4, -0.2) is 24.7 Å². The number of carbonyl (C=O) groups is 1. The fourth-order valence-corrected chi connectivity index (χ4v) is 2.55. The molecule has 0 radical (unpaired) electrons. The maximum absolute atomic E-state index is 12.5. The van der Waals surface area contributed by atoms with Crippen LogP contribution < -0.4 is 5.32 Å². The van der Waals surface area contributed by atoms with E-state index >= 15 is 0 Å². The summed E-state index contributed by atoms with van der Waals surface area (Å²) in [5, 5.41) is 3.82. The van der Waals surface area contributed by atoms with Crippen molar-refractivity contribution in [2.45, 2.75) is 6.42 Å². The molecule has 3 rings (SSSR count). The number of amidine groups is 1. The molecule has 2 aromatic carbocycles. The monoisotopic (exact) mass is 334 g/mol. The molecule has 1 heterocycles. The molecule has 2 aromatic rings. The van der Waals surface area contributed by atoms with Crippen LogP contribution in [0.4, 0.5) is 0 Å². The fraction of sp³-hybridized carbons (Fsp3) is 0.176. The lowest BCUT2D eigenvalue weighted by Gasteiger charge is -2.09. The van der Waals surface area contributed by atoms with E-state index in [1.165, 1.54) is 0 Å². The van der Waals surface area contributed by atoms with Gasteiger partial charge in [-0.15, -0.1) is 12.4 Å². The predicted molar refractivity (Wildman–Crippen MR) is 93.4 cm³/mol. The molecule has 0 spiro atoms. The number of benzene rings is 2. The zero-order valence-electron chi connectivity index (χ0n) is 11.9. The molecule has 1 aliphatic rings. The molecule has 0 unspecified atom stereocenters. The second-order valence-corrected chi connectivity index (χ2v) is 5.34. The van der Waals surface area contributed by atoms with Gasteiger partial charge < -0.3 is 5.32 Å². The quantitative estimate of drug-likeness (QED) is 0.858. The van der Waals surface area contributed by atoms with Crippen molar-refractivity contribution in [1.82, 2.24) is 5.32 Å². The summed E-state index contributed by atoms with van der Waals surface area (Å²) in [6.45, 7) is 1.57. The Morgan fingerprint density at radius 1 is 1.14 bits per heavy atom. The summed E-state index contributed by atoms with van der Waals surface area (Å²) in [5.41, 5.74) is 2.64. The third kappa shape index (κ3) is 3.67. The minimum absolute atomic E-state index is 0. The Hall–Kier alpha value is -1.84. The van der Waals surface area contributed by atoms with Crippen LogP contribution in [0.3, 0.4) is 0 Å². The molecule has 0 atom stereocenters. The Morgan fingerprint density at radius 3 is 2.55 bits per heavy atom. The van der Waals surface area contributed by atoms with Crippen LogP contribution in [0.25, 0.3) is 11.1 Å². The maximum Gasteiger partial charge on any atom is 0.170 e. The SMILES string of the molecule is Cl.O=C(CC1=NCCN1)c1ccccc1-c1ccc(Cl)cc1. The average Bonchev–Trinajstić information content (AvgIpc) is 3.01. The minimum Gasteiger partial charge on any atom is -0.372 e. The van der Waals surface area contributed by atoms with E-state index < -0.39 is 0 Å². The summed E-state index contributed by atoms with van der Waals surface area (Å²) in [4.78, 5) is 16.8. The summed E-state index contributed by atoms with van der Waals surface area (Å²) in [6.07, 6.45) is 0.324. The first-order chi connectivity index (χ1) is 10.2. The lowest BCUT2D eigenvalue weighted by molar-refractivity contribution is 0.100. The molecule has 0 aromatic heterocycles. The number of nitrogens with one attached hydrogen (secondary N) is 1. The van der Waals surface area contributed by atoms with Crippen molar-refractivity contribution >= 4 is 35.6 Å². The molecule has 0 aliphatic carbocycles. The zero-order chi connectivity index (χ0) is 14.7. The molecule has 0 amide bonds. The molecular formula is C17H16Cl2N2O. The number of ketones is 1. The minimum atomic E-state index is 0. The van der Waals surface area contributed by atoms with Crippen LogP contribution in [0.5, 0.6) is 0 Å². The normalized spacial score (nSPS) is 13.0. The van der Waals surface area contributed by atoms with E-state index in [1.54, 1.807) is 0 Å². The van der Waals surface area contributed by atoms with Gasteiger partial charge in [0.05, 0.1) is 13.0 Å². The molecule has 1 N–H and O–H groups in total. The molecule has 114 valence electrons. The first-order valence-electron chi connectivity index (χ1n) is 6.89. The van der Waals surface area contributed by atoms with Gasteiger partial charge in [0.2, 0.25) is 0 Å². The van der Waals surface area contributed by atoms with E-state index in [1.807, 2.05) is 48.5 Å². The van der Waals surface area contributed by atoms with E-state index in [0.29, 0.717) is 11.4 Å². The fourth-order valence-electron chi connectivity index (χ4n) is 2.42. The lowest BCUT2D eigenvalue weighted by Crippen LogP contribution is -2.21. The van der Waals surface area contributed by atoms with Crippen LogP contribution in [0, 0.1) is 0 Å². The van der Waals surface area contributed by atoms with E-state index in [9.17, 15) is 4.79 Å². The molecule has 5 heteroatoms. The molecule has 0 saturated carbocycles. The van der Waals surface area contributed by atoms with Crippen molar-refractivity contribution in [3.05, 3.63) is 59.1 Å². The first kappa shape index (κ1) is 16.5. The van der Waals surface area contributed by atoms with E-state index in [-0.39, 0.29) is 18.2 Å². The van der Waals surface area contributed by atoms with Crippen LogP contribution in [-0.2, 0) is 0 Å². The topological polar surface area (TPSA) is 41.5 Å². The van der Waals surface area contributed by atoms with Gasteiger partial charge in [-0.25, -0.2) is 0 Å². The highest BCUT2D eigenvalue weighted by molar-refractivity contribution is 6.30. The van der Waals surface area contributed by atoms with Crippen molar-refractivity contribution in [3.63, 3.8) is 0 Å². The number of carbonyl (C=O) groups excluding carboxylic acids is 1. The Labute approximate surface area is 140 Å². The molecule has 0 fully saturated rings. The van der Waals surface area contributed by atoms with E-state index in [2.05, 4.69) is 10.3 Å². The molecular weight excluding hydrogens is 319 g/mol. The third-order valence-corrected chi connectivity index (χ3v) is 3.71. The van der Waals surface area contributed by atoms with Gasteiger partial charge in [0.15, 0.2) is 5.78 Å². The summed E-state index contributed by atoms with van der Waals surface area (Å²) in [7, 11) is 0. The van der Waals surface area contributed by atoms with Crippen molar-refractivity contribution in [1.29, 1.82) is 0 Å². The molecule has 1 aliphatic heterocycles. The van der Waals surface area contributed by atoms with Gasteiger partial charge >= 0.3 is 0 Å². The average molecular weight is 335 g/mol. The Bertz CT molecular complexity index is 696.